The molecule has 24 heavy (non-hydrogen) atoms. The van der Waals surface area contributed by atoms with Gasteiger partial charge in [0.1, 0.15) is 11.5 Å². The highest BCUT2D eigenvalue weighted by molar-refractivity contribution is 5.97. The summed E-state index contributed by atoms with van der Waals surface area (Å²) in [6, 6.07) is 8.99. The number of hydrogen-bond donors (Lipinski definition) is 1. The highest BCUT2D eigenvalue weighted by atomic mass is 19.1. The van der Waals surface area contributed by atoms with Gasteiger partial charge in [0.15, 0.2) is 6.61 Å². The number of nitro groups is 1. The zero-order valence-corrected chi connectivity index (χ0v) is 12.6. The fourth-order valence-electron chi connectivity index (χ4n) is 1.94. The van der Waals surface area contributed by atoms with Gasteiger partial charge in [0.05, 0.1) is 10.5 Å². The molecule has 0 heterocycles. The Balaban J connectivity index is 2.00. The Kier molecular flexibility index (Phi) is 5.20. The smallest absolute Gasteiger partial charge is 0.338 e. The molecule has 8 heteroatoms. The molecule has 0 spiro atoms. The average Bonchev–Trinajstić information content (AvgIpc) is 2.55. The number of hydrogen-bond acceptors (Lipinski definition) is 5. The minimum absolute atomic E-state index is 0.0466. The van der Waals surface area contributed by atoms with Crippen LogP contribution < -0.4 is 5.32 Å². The van der Waals surface area contributed by atoms with E-state index in [1.54, 1.807) is 13.0 Å². The zero-order chi connectivity index (χ0) is 17.7. The van der Waals surface area contributed by atoms with Crippen molar-refractivity contribution in [2.75, 3.05) is 11.9 Å². The SMILES string of the molecule is Cc1cccc([N+](=O)[O-])c1NC(=O)COC(=O)c1ccc(F)cc1. The molecule has 0 bridgehead atoms. The van der Waals surface area contributed by atoms with E-state index in [0.29, 0.717) is 5.56 Å². The summed E-state index contributed by atoms with van der Waals surface area (Å²) >= 11 is 0. The van der Waals surface area contributed by atoms with Crippen molar-refractivity contribution in [3.05, 3.63) is 69.5 Å². The molecule has 0 saturated heterocycles. The van der Waals surface area contributed by atoms with Gasteiger partial charge in [0.25, 0.3) is 11.6 Å². The van der Waals surface area contributed by atoms with Crippen LogP contribution in [0, 0.1) is 22.9 Å². The van der Waals surface area contributed by atoms with Crippen molar-refractivity contribution in [3.8, 4) is 0 Å². The number of ether oxygens (including phenoxy) is 1. The van der Waals surface area contributed by atoms with E-state index in [9.17, 15) is 24.1 Å². The summed E-state index contributed by atoms with van der Waals surface area (Å²) in [5, 5.41) is 13.3. The third-order valence-electron chi connectivity index (χ3n) is 3.13. The highest BCUT2D eigenvalue weighted by Crippen LogP contribution is 2.27. The van der Waals surface area contributed by atoms with Crippen LogP contribution in [0.25, 0.3) is 0 Å². The van der Waals surface area contributed by atoms with Crippen LogP contribution in [0.3, 0.4) is 0 Å². The molecular weight excluding hydrogens is 319 g/mol. The lowest BCUT2D eigenvalue weighted by Crippen LogP contribution is -2.22. The van der Waals surface area contributed by atoms with E-state index in [-0.39, 0.29) is 16.9 Å². The van der Waals surface area contributed by atoms with Gasteiger partial charge >= 0.3 is 5.97 Å². The first-order valence-electron chi connectivity index (χ1n) is 6.85. The first kappa shape index (κ1) is 17.1. The van der Waals surface area contributed by atoms with Gasteiger partial charge in [-0.3, -0.25) is 14.9 Å². The Labute approximate surface area is 136 Å². The lowest BCUT2D eigenvalue weighted by molar-refractivity contribution is -0.384. The monoisotopic (exact) mass is 332 g/mol. The number of nitrogens with one attached hydrogen (secondary N) is 1. The van der Waals surface area contributed by atoms with E-state index in [4.69, 9.17) is 4.74 Å². The van der Waals surface area contributed by atoms with Gasteiger partial charge in [-0.1, -0.05) is 12.1 Å². The van der Waals surface area contributed by atoms with E-state index in [1.807, 2.05) is 0 Å². The van der Waals surface area contributed by atoms with Crippen molar-refractivity contribution in [1.82, 2.24) is 0 Å². The molecule has 0 atom stereocenters. The second-order valence-electron chi connectivity index (χ2n) is 4.86. The van der Waals surface area contributed by atoms with Crippen LogP contribution in [0.1, 0.15) is 15.9 Å². The number of carbonyl (C=O) groups is 2. The number of anilines is 1. The molecular formula is C16H13FN2O5. The van der Waals surface area contributed by atoms with Gasteiger partial charge in [-0.2, -0.15) is 0 Å². The third-order valence-corrected chi connectivity index (χ3v) is 3.13. The van der Waals surface area contributed by atoms with Crippen LogP contribution >= 0.6 is 0 Å². The van der Waals surface area contributed by atoms with E-state index in [0.717, 1.165) is 12.1 Å². The lowest BCUT2D eigenvalue weighted by atomic mass is 10.1. The summed E-state index contributed by atoms with van der Waals surface area (Å²) in [6.07, 6.45) is 0. The maximum Gasteiger partial charge on any atom is 0.338 e. The van der Waals surface area contributed by atoms with Crippen LogP contribution in [0.2, 0.25) is 0 Å². The molecule has 0 fully saturated rings. The van der Waals surface area contributed by atoms with E-state index >= 15 is 0 Å². The van der Waals surface area contributed by atoms with Crippen molar-refractivity contribution in [1.29, 1.82) is 0 Å². The lowest BCUT2D eigenvalue weighted by Gasteiger charge is -2.09. The number of nitro benzene ring substituents is 1. The van der Waals surface area contributed by atoms with Gasteiger partial charge in [0, 0.05) is 6.07 Å². The average molecular weight is 332 g/mol. The maximum atomic E-state index is 12.8. The number of para-hydroxylation sites is 1. The molecule has 0 saturated carbocycles. The quantitative estimate of drug-likeness (QED) is 0.516. The van der Waals surface area contributed by atoms with Crippen molar-refractivity contribution in [2.24, 2.45) is 0 Å². The standard InChI is InChI=1S/C16H13FN2O5/c1-10-3-2-4-13(19(22)23)15(10)18-14(20)9-24-16(21)11-5-7-12(17)8-6-11/h2-8H,9H2,1H3,(H,18,20). The Hall–Kier alpha value is -3.29. The molecule has 0 radical (unpaired) electrons. The van der Waals surface area contributed by atoms with Gasteiger partial charge < -0.3 is 10.1 Å². The minimum atomic E-state index is -0.801. The Morgan fingerprint density at radius 2 is 1.88 bits per heavy atom. The number of nitrogens with zero attached hydrogens (tertiary/aromatic N) is 1. The number of halogens is 1. The predicted octanol–water partition coefficient (Wildman–Crippen LogP) is 2.84. The van der Waals surface area contributed by atoms with E-state index < -0.39 is 29.2 Å². The van der Waals surface area contributed by atoms with Crippen molar-refractivity contribution < 1.29 is 23.6 Å². The molecule has 0 aromatic heterocycles. The maximum absolute atomic E-state index is 12.8. The Morgan fingerprint density at radius 1 is 1.21 bits per heavy atom. The first-order chi connectivity index (χ1) is 11.4. The zero-order valence-electron chi connectivity index (χ0n) is 12.6. The molecule has 7 nitrogen and oxygen atoms in total. The largest absolute Gasteiger partial charge is 0.452 e. The van der Waals surface area contributed by atoms with Gasteiger partial charge in [0.2, 0.25) is 0 Å². The van der Waals surface area contributed by atoms with Crippen molar-refractivity contribution in [2.45, 2.75) is 6.92 Å². The van der Waals surface area contributed by atoms with E-state index in [2.05, 4.69) is 5.32 Å². The van der Waals surface area contributed by atoms with Gasteiger partial charge in [-0.05, 0) is 36.8 Å². The summed E-state index contributed by atoms with van der Waals surface area (Å²) in [5.41, 5.74) is 0.382. The molecule has 1 amide bonds. The first-order valence-corrected chi connectivity index (χ1v) is 6.85. The molecule has 2 aromatic rings. The van der Waals surface area contributed by atoms with Crippen LogP contribution in [0.5, 0.6) is 0 Å². The highest BCUT2D eigenvalue weighted by Gasteiger charge is 2.18. The Bertz CT molecular complexity index is 790. The van der Waals surface area contributed by atoms with E-state index in [1.165, 1.54) is 24.3 Å². The predicted molar refractivity (Wildman–Crippen MR) is 83.1 cm³/mol. The summed E-state index contributed by atoms with van der Waals surface area (Å²) < 4.78 is 17.6. The van der Waals surface area contributed by atoms with Crippen LogP contribution in [0.4, 0.5) is 15.8 Å². The molecule has 2 aromatic carbocycles. The fourth-order valence-corrected chi connectivity index (χ4v) is 1.94. The number of amides is 1. The van der Waals surface area contributed by atoms with Crippen LogP contribution in [-0.4, -0.2) is 23.4 Å². The summed E-state index contributed by atoms with van der Waals surface area (Å²) in [5.74, 6) is -2.02. The molecule has 1 N–H and O–H groups in total. The number of benzene rings is 2. The molecule has 0 aliphatic carbocycles. The summed E-state index contributed by atoms with van der Waals surface area (Å²) in [6.45, 7) is 0.981. The van der Waals surface area contributed by atoms with Crippen molar-refractivity contribution >= 4 is 23.3 Å². The summed E-state index contributed by atoms with van der Waals surface area (Å²) in [7, 11) is 0. The second-order valence-corrected chi connectivity index (χ2v) is 4.86. The van der Waals surface area contributed by atoms with Crippen LogP contribution in [-0.2, 0) is 9.53 Å². The van der Waals surface area contributed by atoms with Crippen LogP contribution in [0.15, 0.2) is 42.5 Å². The molecule has 124 valence electrons. The van der Waals surface area contributed by atoms with Gasteiger partial charge in [-0.25, -0.2) is 9.18 Å². The molecule has 0 aliphatic rings. The second kappa shape index (κ2) is 7.32. The normalized spacial score (nSPS) is 10.1. The fraction of sp³-hybridized carbons (Fsp3) is 0.125. The number of carbonyl (C=O) groups excluding carboxylic acids is 2. The number of esters is 1. The Morgan fingerprint density at radius 3 is 2.50 bits per heavy atom. The number of aryl methyl sites for hydroxylation is 1. The molecule has 0 unspecified atom stereocenters. The third kappa shape index (κ3) is 4.13. The van der Waals surface area contributed by atoms with Gasteiger partial charge in [-0.15, -0.1) is 0 Å². The topological polar surface area (TPSA) is 98.5 Å². The molecule has 0 aliphatic heterocycles. The summed E-state index contributed by atoms with van der Waals surface area (Å²) in [4.78, 5) is 33.9. The minimum Gasteiger partial charge on any atom is -0.452 e. The number of rotatable bonds is 5. The molecule has 2 rings (SSSR count). The van der Waals surface area contributed by atoms with Crippen molar-refractivity contribution in [3.63, 3.8) is 0 Å².